The summed E-state index contributed by atoms with van der Waals surface area (Å²) >= 11 is 0. The summed E-state index contributed by atoms with van der Waals surface area (Å²) in [5.41, 5.74) is 0. The highest BCUT2D eigenvalue weighted by Crippen LogP contribution is 2.47. The SMILES string of the molecule is CCCCCC/C=C/C=C/CCCCCCCC(=O)O[C@@H](COC(=O)CCCCCCCCC/C=C/CCCCCCCC)COP(=O)(O)OC1C(O)C(O)C(O)[C@H](O)C1O. The van der Waals surface area contributed by atoms with Crippen molar-refractivity contribution in [1.82, 2.24) is 0 Å². The Balaban J connectivity index is 2.46. The zero-order chi connectivity index (χ0) is 45.0. The van der Waals surface area contributed by atoms with Gasteiger partial charge in [0, 0.05) is 12.8 Å². The zero-order valence-corrected chi connectivity index (χ0v) is 38.6. The molecule has 1 saturated carbocycles. The normalized spacial score (nSPS) is 22.3. The fourth-order valence-electron chi connectivity index (χ4n) is 7.10. The minimum atomic E-state index is -5.12. The lowest BCUT2D eigenvalue weighted by Crippen LogP contribution is -2.64. The van der Waals surface area contributed by atoms with Crippen LogP contribution < -0.4 is 0 Å². The van der Waals surface area contributed by atoms with Crippen LogP contribution in [-0.4, -0.2) is 98.3 Å². The number of carbonyl (C=O) groups is 2. The monoisotopic (exact) mass is 889 g/mol. The molecule has 0 aromatic heterocycles. The molecular weight excluding hydrogens is 803 g/mol. The van der Waals surface area contributed by atoms with Gasteiger partial charge in [-0.25, -0.2) is 4.57 Å². The van der Waals surface area contributed by atoms with Gasteiger partial charge < -0.3 is 39.9 Å². The Hall–Kier alpha value is -1.93. The van der Waals surface area contributed by atoms with Gasteiger partial charge in [-0.1, -0.05) is 153 Å². The zero-order valence-electron chi connectivity index (χ0n) is 37.7. The Morgan fingerprint density at radius 1 is 0.508 bits per heavy atom. The van der Waals surface area contributed by atoms with Crippen LogP contribution in [0.1, 0.15) is 194 Å². The summed E-state index contributed by atoms with van der Waals surface area (Å²) in [4.78, 5) is 35.7. The van der Waals surface area contributed by atoms with E-state index in [2.05, 4.69) is 50.3 Å². The molecule has 0 aromatic rings. The lowest BCUT2D eigenvalue weighted by atomic mass is 9.85. The van der Waals surface area contributed by atoms with Crippen LogP contribution in [0.4, 0.5) is 0 Å². The summed E-state index contributed by atoms with van der Waals surface area (Å²) in [5, 5.41) is 50.2. The summed E-state index contributed by atoms with van der Waals surface area (Å²) in [6.07, 6.45) is 29.1. The number of rotatable bonds is 39. The van der Waals surface area contributed by atoms with Crippen LogP contribution >= 0.6 is 7.82 Å². The number of ether oxygens (including phenoxy) is 2. The average molecular weight is 889 g/mol. The Bertz CT molecular complexity index is 1210. The highest BCUT2D eigenvalue weighted by molar-refractivity contribution is 7.47. The first-order chi connectivity index (χ1) is 29.4. The number of allylic oxidation sites excluding steroid dienone is 6. The van der Waals surface area contributed by atoms with Gasteiger partial charge in [-0.3, -0.25) is 18.6 Å². The number of phosphoric acid groups is 1. The van der Waals surface area contributed by atoms with Crippen molar-refractivity contribution in [1.29, 1.82) is 0 Å². The average Bonchev–Trinajstić information content (AvgIpc) is 3.24. The molecule has 0 radical (unpaired) electrons. The maximum Gasteiger partial charge on any atom is 0.472 e. The highest BCUT2D eigenvalue weighted by atomic mass is 31.2. The molecule has 0 heterocycles. The number of hydrogen-bond acceptors (Lipinski definition) is 12. The molecule has 0 bridgehead atoms. The molecule has 0 aliphatic heterocycles. The van der Waals surface area contributed by atoms with Crippen LogP contribution in [0.2, 0.25) is 0 Å². The van der Waals surface area contributed by atoms with Crippen LogP contribution in [0.3, 0.4) is 0 Å². The fourth-order valence-corrected chi connectivity index (χ4v) is 8.07. The van der Waals surface area contributed by atoms with E-state index in [0.29, 0.717) is 12.8 Å². The standard InChI is InChI=1S/C47H85O13P/c1-3-5-7-9-11-13-15-17-19-20-22-23-25-27-29-31-33-35-40(48)57-37-39(38-58-61(55,56)60-47-45(53)43(51)42(50)44(52)46(47)54)59-41(49)36-34-32-30-28-26-24-21-18-16-14-12-10-8-6-4-2/h14,16-19,21,39,42-47,50-54H,3-13,15,20,22-38H2,1-2H3,(H,55,56)/b16-14+,19-17+,21-18+/t39-,42?,43-,44?,45?,46?,47?/m0/s1. The smallest absolute Gasteiger partial charge is 0.462 e. The van der Waals surface area contributed by atoms with E-state index >= 15 is 0 Å². The fraction of sp³-hybridized carbons (Fsp3) is 0.830. The number of hydrogen-bond donors (Lipinski definition) is 6. The number of carbonyl (C=O) groups excluding carboxylic acids is 2. The Morgan fingerprint density at radius 3 is 1.36 bits per heavy atom. The van der Waals surface area contributed by atoms with Crippen molar-refractivity contribution in [2.24, 2.45) is 0 Å². The minimum Gasteiger partial charge on any atom is -0.462 e. The molecule has 1 aliphatic carbocycles. The molecule has 6 unspecified atom stereocenters. The van der Waals surface area contributed by atoms with Crippen LogP contribution in [0.5, 0.6) is 0 Å². The summed E-state index contributed by atoms with van der Waals surface area (Å²) < 4.78 is 33.5. The van der Waals surface area contributed by atoms with Crippen molar-refractivity contribution < 1.29 is 63.1 Å². The molecule has 1 aliphatic rings. The van der Waals surface area contributed by atoms with Crippen molar-refractivity contribution in [2.75, 3.05) is 13.2 Å². The van der Waals surface area contributed by atoms with Crippen LogP contribution in [0.25, 0.3) is 0 Å². The van der Waals surface area contributed by atoms with E-state index in [0.717, 1.165) is 70.6 Å². The second-order valence-corrected chi connectivity index (χ2v) is 18.0. The molecule has 1 fully saturated rings. The third-order valence-electron chi connectivity index (χ3n) is 11.0. The molecule has 0 amide bonds. The van der Waals surface area contributed by atoms with E-state index in [4.69, 9.17) is 18.5 Å². The molecule has 6 N–H and O–H groups in total. The van der Waals surface area contributed by atoms with Gasteiger partial charge in [-0.2, -0.15) is 0 Å². The number of phosphoric ester groups is 1. The van der Waals surface area contributed by atoms with Crippen LogP contribution in [0, 0.1) is 0 Å². The number of esters is 2. The minimum absolute atomic E-state index is 0.0786. The van der Waals surface area contributed by atoms with E-state index in [1.165, 1.54) is 83.5 Å². The van der Waals surface area contributed by atoms with Gasteiger partial charge in [0.2, 0.25) is 0 Å². The molecule has 0 aromatic carbocycles. The lowest BCUT2D eigenvalue weighted by Gasteiger charge is -2.41. The van der Waals surface area contributed by atoms with Crippen molar-refractivity contribution in [2.45, 2.75) is 236 Å². The van der Waals surface area contributed by atoms with E-state index in [9.17, 15) is 44.6 Å². The molecule has 8 atom stereocenters. The van der Waals surface area contributed by atoms with Gasteiger partial charge in [0.1, 0.15) is 43.2 Å². The topological polar surface area (TPSA) is 210 Å². The van der Waals surface area contributed by atoms with Crippen LogP contribution in [0.15, 0.2) is 36.5 Å². The third-order valence-corrected chi connectivity index (χ3v) is 12.0. The third kappa shape index (κ3) is 30.0. The Labute approximate surface area is 368 Å². The Kier molecular flexibility index (Phi) is 35.0. The summed E-state index contributed by atoms with van der Waals surface area (Å²) in [5.74, 6) is -1.12. The molecule has 61 heavy (non-hydrogen) atoms. The molecule has 1 rings (SSSR count). The van der Waals surface area contributed by atoms with Gasteiger partial charge >= 0.3 is 19.8 Å². The molecular formula is C47H85O13P. The van der Waals surface area contributed by atoms with Gasteiger partial charge in [0.15, 0.2) is 6.10 Å². The highest BCUT2D eigenvalue weighted by Gasteiger charge is 2.51. The lowest BCUT2D eigenvalue weighted by molar-refractivity contribution is -0.220. The van der Waals surface area contributed by atoms with Crippen molar-refractivity contribution in [3.05, 3.63) is 36.5 Å². The van der Waals surface area contributed by atoms with E-state index in [1.807, 2.05) is 0 Å². The van der Waals surface area contributed by atoms with Crippen LogP contribution in [-0.2, 0) is 32.7 Å². The summed E-state index contributed by atoms with van der Waals surface area (Å²) in [6, 6.07) is 0. The summed E-state index contributed by atoms with van der Waals surface area (Å²) in [6.45, 7) is 3.26. The maximum absolute atomic E-state index is 12.8. The second kappa shape index (κ2) is 37.4. The predicted molar refractivity (Wildman–Crippen MR) is 240 cm³/mol. The summed E-state index contributed by atoms with van der Waals surface area (Å²) in [7, 11) is -5.12. The number of aliphatic hydroxyl groups is 5. The molecule has 0 spiro atoms. The predicted octanol–water partition coefficient (Wildman–Crippen LogP) is 9.39. The largest absolute Gasteiger partial charge is 0.472 e. The first kappa shape index (κ1) is 57.1. The Morgan fingerprint density at radius 2 is 0.885 bits per heavy atom. The van der Waals surface area contributed by atoms with Crippen molar-refractivity contribution >= 4 is 19.8 Å². The van der Waals surface area contributed by atoms with Gasteiger partial charge in [-0.05, 0) is 64.2 Å². The van der Waals surface area contributed by atoms with Gasteiger partial charge in [0.05, 0.1) is 6.61 Å². The number of aliphatic hydroxyl groups excluding tert-OH is 5. The van der Waals surface area contributed by atoms with Crippen molar-refractivity contribution in [3.63, 3.8) is 0 Å². The van der Waals surface area contributed by atoms with Gasteiger partial charge in [-0.15, -0.1) is 0 Å². The molecule has 0 saturated heterocycles. The van der Waals surface area contributed by atoms with E-state index in [-0.39, 0.29) is 12.8 Å². The molecule has 356 valence electrons. The van der Waals surface area contributed by atoms with Crippen molar-refractivity contribution in [3.8, 4) is 0 Å². The molecule has 13 nitrogen and oxygen atoms in total. The van der Waals surface area contributed by atoms with E-state index < -0.39 is 75.7 Å². The quantitative estimate of drug-likeness (QED) is 0.0112. The first-order valence-corrected chi connectivity index (χ1v) is 25.3. The first-order valence-electron chi connectivity index (χ1n) is 23.8. The number of unbranched alkanes of at least 4 members (excludes halogenated alkanes) is 22. The molecule has 14 heteroatoms. The second-order valence-electron chi connectivity index (χ2n) is 16.6. The van der Waals surface area contributed by atoms with E-state index in [1.54, 1.807) is 0 Å². The maximum atomic E-state index is 12.8. The van der Waals surface area contributed by atoms with Gasteiger partial charge in [0.25, 0.3) is 0 Å².